The zero-order chi connectivity index (χ0) is 34.6. The molecule has 2 amide bonds. The molecule has 8 heteroatoms. The van der Waals surface area contributed by atoms with Gasteiger partial charge in [-0.2, -0.15) is 0 Å². The minimum absolute atomic E-state index is 0.180. The van der Waals surface area contributed by atoms with E-state index in [4.69, 9.17) is 0 Å². The lowest BCUT2D eigenvalue weighted by molar-refractivity contribution is -0.112. The Balaban J connectivity index is 1.36. The molecule has 5 aromatic rings. The van der Waals surface area contributed by atoms with Crippen molar-refractivity contribution >= 4 is 29.4 Å². The van der Waals surface area contributed by atoms with E-state index < -0.39 is 0 Å². The van der Waals surface area contributed by atoms with E-state index in [0.29, 0.717) is 37.1 Å². The molecule has 0 aliphatic heterocycles. The van der Waals surface area contributed by atoms with E-state index in [-0.39, 0.29) is 29.8 Å². The number of nitrogens with zero attached hydrogens (tertiary/aromatic N) is 2. The minimum Gasteiger partial charge on any atom is -0.348 e. The molecule has 4 aromatic carbocycles. The summed E-state index contributed by atoms with van der Waals surface area (Å²) in [6.45, 7) is 4.87. The molecule has 0 aliphatic carbocycles. The molecule has 2 N–H and O–H groups in total. The summed E-state index contributed by atoms with van der Waals surface area (Å²) in [4.78, 5) is 45.8. The van der Waals surface area contributed by atoms with Gasteiger partial charge in [0.1, 0.15) is 11.3 Å². The van der Waals surface area contributed by atoms with Crippen molar-refractivity contribution in [3.8, 4) is 0 Å². The lowest BCUT2D eigenvalue weighted by atomic mass is 9.87. The average Bonchev–Trinajstić information content (AvgIpc) is 3.55. The monoisotopic (exact) mass is 672 g/mol. The van der Waals surface area contributed by atoms with Gasteiger partial charge in [-0.05, 0) is 66.6 Å². The van der Waals surface area contributed by atoms with Crippen LogP contribution in [-0.2, 0) is 30.6 Å². The van der Waals surface area contributed by atoms with E-state index >= 15 is 0 Å². The van der Waals surface area contributed by atoms with Gasteiger partial charge in [0.15, 0.2) is 0 Å². The molecule has 49 heavy (non-hydrogen) atoms. The number of carbonyl (C=O) groups is 3. The Bertz CT molecular complexity index is 1830. The standard InChI is InChI=1S/C41H44N4O3S/c1-4-30-17-11-18-33(21-30)39(36(27-46)22-31-13-7-5-8-14-31)42-25-37(23-32-15-9-6-10-16-32)44-40(47)34-19-12-20-35(24-34)41(48)45(3)26-38-43-29(2)28-49-38/h5-21,24,27-28,36-37,39,42H,4,22-23,25-26H2,1-3H3,(H,44,47). The van der Waals surface area contributed by atoms with Gasteiger partial charge < -0.3 is 20.3 Å². The normalized spacial score (nSPS) is 12.9. The van der Waals surface area contributed by atoms with E-state index in [1.165, 1.54) is 16.9 Å². The predicted octanol–water partition coefficient (Wildman–Crippen LogP) is 7.02. The number of aromatic nitrogens is 1. The Kier molecular flexibility index (Phi) is 12.6. The molecule has 0 bridgehead atoms. The fourth-order valence-electron chi connectivity index (χ4n) is 6.03. The summed E-state index contributed by atoms with van der Waals surface area (Å²) in [5, 5.41) is 9.75. The largest absolute Gasteiger partial charge is 0.348 e. The van der Waals surface area contributed by atoms with Crippen LogP contribution in [-0.4, -0.2) is 47.6 Å². The number of aryl methyl sites for hydroxylation is 2. The van der Waals surface area contributed by atoms with E-state index in [0.717, 1.165) is 40.1 Å². The van der Waals surface area contributed by atoms with Crippen LogP contribution in [0.1, 0.15) is 66.6 Å². The molecule has 1 aromatic heterocycles. The summed E-state index contributed by atoms with van der Waals surface area (Å²) >= 11 is 1.52. The Morgan fingerprint density at radius 2 is 1.49 bits per heavy atom. The maximum atomic E-state index is 13.8. The molecule has 1 heterocycles. The number of carbonyl (C=O) groups excluding carboxylic acids is 3. The van der Waals surface area contributed by atoms with Crippen molar-refractivity contribution in [3.05, 3.63) is 159 Å². The predicted molar refractivity (Wildman–Crippen MR) is 197 cm³/mol. The van der Waals surface area contributed by atoms with E-state index in [1.807, 2.05) is 79.0 Å². The zero-order valence-corrected chi connectivity index (χ0v) is 29.2. The highest BCUT2D eigenvalue weighted by atomic mass is 32.1. The topological polar surface area (TPSA) is 91.4 Å². The third-order valence-electron chi connectivity index (χ3n) is 8.64. The maximum absolute atomic E-state index is 13.8. The molecular formula is C41H44N4O3S. The second-order valence-electron chi connectivity index (χ2n) is 12.5. The summed E-state index contributed by atoms with van der Waals surface area (Å²) in [6, 6.07) is 34.7. The molecule has 0 aliphatic rings. The van der Waals surface area contributed by atoms with Crippen LogP contribution in [0.3, 0.4) is 0 Å². The van der Waals surface area contributed by atoms with Crippen molar-refractivity contribution < 1.29 is 14.4 Å². The van der Waals surface area contributed by atoms with Gasteiger partial charge in [0.05, 0.1) is 6.54 Å². The third-order valence-corrected chi connectivity index (χ3v) is 9.59. The van der Waals surface area contributed by atoms with Crippen molar-refractivity contribution in [1.82, 2.24) is 20.5 Å². The molecule has 0 spiro atoms. The Hall–Kier alpha value is -4.92. The number of nitrogens with one attached hydrogen (secondary N) is 2. The highest BCUT2D eigenvalue weighted by molar-refractivity contribution is 7.09. The lowest BCUT2D eigenvalue weighted by Gasteiger charge is -2.28. The van der Waals surface area contributed by atoms with Crippen molar-refractivity contribution in [2.75, 3.05) is 13.6 Å². The van der Waals surface area contributed by atoms with Gasteiger partial charge >= 0.3 is 0 Å². The van der Waals surface area contributed by atoms with E-state index in [2.05, 4.69) is 40.7 Å². The van der Waals surface area contributed by atoms with Gasteiger partial charge in [0.2, 0.25) is 0 Å². The summed E-state index contributed by atoms with van der Waals surface area (Å²) in [6.07, 6.45) is 3.11. The first-order valence-electron chi connectivity index (χ1n) is 16.8. The van der Waals surface area contributed by atoms with Crippen LogP contribution in [0.4, 0.5) is 0 Å². The van der Waals surface area contributed by atoms with Gasteiger partial charge in [-0.1, -0.05) is 97.9 Å². The van der Waals surface area contributed by atoms with Crippen molar-refractivity contribution in [2.24, 2.45) is 5.92 Å². The van der Waals surface area contributed by atoms with Crippen molar-refractivity contribution in [1.29, 1.82) is 0 Å². The molecule has 252 valence electrons. The van der Waals surface area contributed by atoms with Crippen LogP contribution in [0.5, 0.6) is 0 Å². The summed E-state index contributed by atoms with van der Waals surface area (Å²) < 4.78 is 0. The average molecular weight is 673 g/mol. The molecule has 3 unspecified atom stereocenters. The van der Waals surface area contributed by atoms with Gasteiger partial charge in [-0.3, -0.25) is 9.59 Å². The number of benzene rings is 4. The van der Waals surface area contributed by atoms with Crippen molar-refractivity contribution in [2.45, 2.75) is 51.7 Å². The number of amides is 2. The smallest absolute Gasteiger partial charge is 0.253 e. The van der Waals surface area contributed by atoms with Crippen LogP contribution in [0.15, 0.2) is 115 Å². The molecule has 0 fully saturated rings. The number of hydrogen-bond acceptors (Lipinski definition) is 6. The SMILES string of the molecule is CCc1cccc(C(NCC(Cc2ccccc2)NC(=O)c2cccc(C(=O)N(C)Cc3nc(C)cs3)c2)C(C=O)Cc2ccccc2)c1. The van der Waals surface area contributed by atoms with Crippen molar-refractivity contribution in [3.63, 3.8) is 0 Å². The van der Waals surface area contributed by atoms with E-state index in [9.17, 15) is 14.4 Å². The second-order valence-corrected chi connectivity index (χ2v) is 13.4. The molecule has 0 radical (unpaired) electrons. The Morgan fingerprint density at radius 3 is 2.14 bits per heavy atom. The first kappa shape index (κ1) is 35.4. The number of hydrogen-bond donors (Lipinski definition) is 2. The van der Waals surface area contributed by atoms with Gasteiger partial charge in [0.25, 0.3) is 11.8 Å². The Morgan fingerprint density at radius 1 is 0.837 bits per heavy atom. The van der Waals surface area contributed by atoms with Gasteiger partial charge in [-0.15, -0.1) is 11.3 Å². The summed E-state index contributed by atoms with van der Waals surface area (Å²) in [5.41, 5.74) is 6.19. The van der Waals surface area contributed by atoms with Gasteiger partial charge in [-0.25, -0.2) is 4.98 Å². The molecule has 0 saturated heterocycles. The highest BCUT2D eigenvalue weighted by Crippen LogP contribution is 2.26. The number of aldehydes is 1. The fraction of sp³-hybridized carbons (Fsp3) is 0.268. The Labute approximate surface area is 293 Å². The zero-order valence-electron chi connectivity index (χ0n) is 28.3. The summed E-state index contributed by atoms with van der Waals surface area (Å²) in [5.74, 6) is -0.771. The second kappa shape index (κ2) is 17.5. The fourth-order valence-corrected chi connectivity index (χ4v) is 6.85. The van der Waals surface area contributed by atoms with E-state index in [1.54, 1.807) is 36.2 Å². The number of rotatable bonds is 16. The quantitative estimate of drug-likeness (QED) is 0.110. The first-order valence-corrected chi connectivity index (χ1v) is 17.6. The van der Waals surface area contributed by atoms with Crippen LogP contribution in [0.25, 0.3) is 0 Å². The van der Waals surface area contributed by atoms with Crippen LogP contribution in [0, 0.1) is 12.8 Å². The van der Waals surface area contributed by atoms with Crippen LogP contribution >= 0.6 is 11.3 Å². The molecule has 7 nitrogen and oxygen atoms in total. The van der Waals surface area contributed by atoms with Gasteiger partial charge in [0, 0.05) is 53.8 Å². The minimum atomic E-state index is -0.324. The van der Waals surface area contributed by atoms with Crippen LogP contribution < -0.4 is 10.6 Å². The lowest BCUT2D eigenvalue weighted by Crippen LogP contribution is -2.45. The molecule has 5 rings (SSSR count). The first-order chi connectivity index (χ1) is 23.8. The molecule has 3 atom stereocenters. The van der Waals surface area contributed by atoms with Crippen LogP contribution in [0.2, 0.25) is 0 Å². The number of thiazole rings is 1. The third kappa shape index (κ3) is 10.0. The highest BCUT2D eigenvalue weighted by Gasteiger charge is 2.26. The summed E-state index contributed by atoms with van der Waals surface area (Å²) in [7, 11) is 1.74. The molecular weight excluding hydrogens is 629 g/mol. The molecule has 0 saturated carbocycles. The maximum Gasteiger partial charge on any atom is 0.253 e.